The second kappa shape index (κ2) is 8.24. The first-order valence-corrected chi connectivity index (χ1v) is 15.6. The van der Waals surface area contributed by atoms with Gasteiger partial charge in [-0.2, -0.15) is 0 Å². The highest BCUT2D eigenvalue weighted by Gasteiger charge is 2.11. The Morgan fingerprint density at radius 2 is 0.795 bits per heavy atom. The van der Waals surface area contributed by atoms with Gasteiger partial charge in [0, 0.05) is 29.9 Å². The predicted molar refractivity (Wildman–Crippen MR) is 176 cm³/mol. The minimum Gasteiger partial charge on any atom is -0.144 e. The van der Waals surface area contributed by atoms with Gasteiger partial charge in [0.1, 0.15) is 0 Å². The Labute approximate surface area is 237 Å². The Bertz CT molecular complexity index is 2200. The third-order valence-electron chi connectivity index (χ3n) is 7.91. The molecule has 39 heavy (non-hydrogen) atoms. The maximum Gasteiger partial charge on any atom is 0.0361 e. The molecule has 0 atom stereocenters. The summed E-state index contributed by atoms with van der Waals surface area (Å²) in [7, 11) is 0. The van der Waals surface area contributed by atoms with Gasteiger partial charge in [-0.3, -0.25) is 0 Å². The van der Waals surface area contributed by atoms with E-state index in [1.165, 1.54) is 84.1 Å². The van der Waals surface area contributed by atoms with Gasteiger partial charge >= 0.3 is 0 Å². The van der Waals surface area contributed by atoms with Crippen LogP contribution in [-0.2, 0) is 0 Å². The first-order chi connectivity index (χ1) is 19.2. The van der Waals surface area contributed by atoms with Crippen molar-refractivity contribution in [1.29, 1.82) is 0 Å². The Morgan fingerprint density at radius 1 is 0.359 bits per heavy atom. The molecule has 0 aliphatic carbocycles. The molecule has 0 saturated carbocycles. The van der Waals surface area contributed by atoms with Crippen LogP contribution in [0.4, 0.5) is 0 Å². The summed E-state index contributed by atoms with van der Waals surface area (Å²) < 4.78 is 2.71. The molecule has 0 nitrogen and oxygen atoms in total. The summed E-state index contributed by atoms with van der Waals surface area (Å²) in [5.41, 5.74) is 2.58. The van der Waals surface area contributed by atoms with E-state index in [4.69, 9.17) is 0 Å². The Balaban J connectivity index is 1.25. The average Bonchev–Trinajstić information content (AvgIpc) is 3.74. The molecule has 0 N–H and O–H groups in total. The summed E-state index contributed by atoms with van der Waals surface area (Å²) in [6.45, 7) is 0. The van der Waals surface area contributed by atoms with Crippen molar-refractivity contribution in [2.45, 2.75) is 0 Å². The average molecular weight is 549 g/mol. The molecule has 6 aromatic carbocycles. The molecule has 182 valence electrons. The van der Waals surface area contributed by atoms with E-state index in [0.717, 1.165) is 0 Å². The third-order valence-corrected chi connectivity index (χ3v) is 10.9. The van der Waals surface area contributed by atoms with Gasteiger partial charge in [-0.1, -0.05) is 36.4 Å². The van der Waals surface area contributed by atoms with Crippen LogP contribution in [0.5, 0.6) is 0 Å². The fourth-order valence-corrected chi connectivity index (χ4v) is 8.57. The molecule has 9 aromatic rings. The summed E-state index contributed by atoms with van der Waals surface area (Å²) in [6, 6.07) is 41.3. The lowest BCUT2D eigenvalue weighted by molar-refractivity contribution is 1.77. The highest BCUT2D eigenvalue weighted by molar-refractivity contribution is 7.26. The molecule has 3 heterocycles. The molecular formula is C36H20S3. The standard InChI is InChI=1S/C36H20S3/c1-3-33(37-9-1)23-7-5-21-11-29-19-35-31(17-27(29)15-25(21)13-23)32-18-28-16-26-14-24(34-4-2-10-38-34)8-6-22(26)12-30(28)20-36(32)39-35/h1-20H. The fourth-order valence-electron chi connectivity index (χ4n) is 5.96. The van der Waals surface area contributed by atoms with Crippen LogP contribution in [0.25, 0.3) is 84.1 Å². The molecule has 0 unspecified atom stereocenters. The van der Waals surface area contributed by atoms with Gasteiger partial charge in [0.2, 0.25) is 0 Å². The van der Waals surface area contributed by atoms with E-state index in [2.05, 4.69) is 120 Å². The number of hydrogen-bond donors (Lipinski definition) is 0. The molecular weight excluding hydrogens is 529 g/mol. The zero-order valence-corrected chi connectivity index (χ0v) is 23.2. The van der Waals surface area contributed by atoms with Crippen molar-refractivity contribution in [3.05, 3.63) is 120 Å². The minimum absolute atomic E-state index is 1.29. The van der Waals surface area contributed by atoms with E-state index in [9.17, 15) is 0 Å². The summed E-state index contributed by atoms with van der Waals surface area (Å²) >= 11 is 5.50. The largest absolute Gasteiger partial charge is 0.144 e. The van der Waals surface area contributed by atoms with Crippen LogP contribution in [0.15, 0.2) is 120 Å². The van der Waals surface area contributed by atoms with Crippen LogP contribution in [0, 0.1) is 0 Å². The Hall–Kier alpha value is -4.02. The molecule has 0 aliphatic heterocycles. The predicted octanol–water partition coefficient (Wildman–Crippen LogP) is 12.1. The minimum atomic E-state index is 1.29. The number of fused-ring (bicyclic) bond motifs is 7. The lowest BCUT2D eigenvalue weighted by Crippen LogP contribution is -1.80. The van der Waals surface area contributed by atoms with Crippen molar-refractivity contribution in [3.63, 3.8) is 0 Å². The molecule has 0 fully saturated rings. The van der Waals surface area contributed by atoms with Gasteiger partial charge in [-0.15, -0.1) is 34.0 Å². The lowest BCUT2D eigenvalue weighted by Gasteiger charge is -2.06. The molecule has 0 aliphatic rings. The SMILES string of the molecule is c1csc(-c2ccc3cc4cc5sc6cc7cc8ccc(-c9cccs9)cc8cc7cc6c5cc4cc3c2)c1. The van der Waals surface area contributed by atoms with Crippen LogP contribution in [0.3, 0.4) is 0 Å². The van der Waals surface area contributed by atoms with E-state index in [0.29, 0.717) is 0 Å². The lowest BCUT2D eigenvalue weighted by atomic mass is 9.98. The van der Waals surface area contributed by atoms with E-state index in [1.54, 1.807) is 22.7 Å². The summed E-state index contributed by atoms with van der Waals surface area (Å²) in [5, 5.41) is 17.4. The van der Waals surface area contributed by atoms with Crippen molar-refractivity contribution < 1.29 is 0 Å². The Morgan fingerprint density at radius 3 is 1.26 bits per heavy atom. The van der Waals surface area contributed by atoms with E-state index in [-0.39, 0.29) is 0 Å². The van der Waals surface area contributed by atoms with Crippen molar-refractivity contribution in [2.75, 3.05) is 0 Å². The van der Waals surface area contributed by atoms with Crippen molar-refractivity contribution in [2.24, 2.45) is 0 Å². The second-order valence-electron chi connectivity index (χ2n) is 10.3. The molecule has 0 saturated heterocycles. The maximum atomic E-state index is 2.41. The van der Waals surface area contributed by atoms with Gasteiger partial charge in [0.05, 0.1) is 0 Å². The van der Waals surface area contributed by atoms with Crippen LogP contribution < -0.4 is 0 Å². The number of thiophene rings is 3. The zero-order valence-electron chi connectivity index (χ0n) is 20.8. The number of hydrogen-bond acceptors (Lipinski definition) is 3. The second-order valence-corrected chi connectivity index (χ2v) is 13.3. The fraction of sp³-hybridized carbons (Fsp3) is 0. The Kier molecular flexibility index (Phi) is 4.62. The highest BCUT2D eigenvalue weighted by atomic mass is 32.1. The summed E-state index contributed by atoms with van der Waals surface area (Å²) in [6.07, 6.45) is 0. The van der Waals surface area contributed by atoms with Gasteiger partial charge in [-0.25, -0.2) is 0 Å². The maximum absolute atomic E-state index is 2.41. The number of rotatable bonds is 2. The molecule has 3 heteroatoms. The molecule has 0 amide bonds. The third kappa shape index (κ3) is 3.48. The molecule has 0 bridgehead atoms. The number of benzene rings is 6. The molecule has 9 rings (SSSR count). The van der Waals surface area contributed by atoms with Crippen LogP contribution in [0.2, 0.25) is 0 Å². The van der Waals surface area contributed by atoms with Gasteiger partial charge in [0.25, 0.3) is 0 Å². The highest BCUT2D eigenvalue weighted by Crippen LogP contribution is 2.41. The van der Waals surface area contributed by atoms with Gasteiger partial charge in [0.15, 0.2) is 0 Å². The first kappa shape index (κ1) is 21.9. The van der Waals surface area contributed by atoms with Crippen LogP contribution in [0.1, 0.15) is 0 Å². The van der Waals surface area contributed by atoms with Crippen LogP contribution >= 0.6 is 34.0 Å². The van der Waals surface area contributed by atoms with E-state index < -0.39 is 0 Å². The van der Waals surface area contributed by atoms with Gasteiger partial charge in [-0.05, 0) is 138 Å². The topological polar surface area (TPSA) is 0 Å². The normalized spacial score (nSPS) is 12.1. The van der Waals surface area contributed by atoms with Crippen LogP contribution in [-0.4, -0.2) is 0 Å². The quantitative estimate of drug-likeness (QED) is 0.188. The van der Waals surface area contributed by atoms with E-state index in [1.807, 2.05) is 11.3 Å². The summed E-state index contributed by atoms with van der Waals surface area (Å²) in [4.78, 5) is 2.64. The smallest absolute Gasteiger partial charge is 0.0361 e. The first-order valence-electron chi connectivity index (χ1n) is 13.0. The molecule has 3 aromatic heterocycles. The van der Waals surface area contributed by atoms with E-state index >= 15 is 0 Å². The van der Waals surface area contributed by atoms with Crippen molar-refractivity contribution in [1.82, 2.24) is 0 Å². The molecule has 0 radical (unpaired) electrons. The zero-order chi connectivity index (χ0) is 25.5. The van der Waals surface area contributed by atoms with Gasteiger partial charge < -0.3 is 0 Å². The van der Waals surface area contributed by atoms with Crippen molar-refractivity contribution in [3.8, 4) is 20.9 Å². The molecule has 0 spiro atoms. The monoisotopic (exact) mass is 548 g/mol. The van der Waals surface area contributed by atoms with Crippen molar-refractivity contribution >= 4 is 97.3 Å². The summed E-state index contributed by atoms with van der Waals surface area (Å²) in [5.74, 6) is 0.